The monoisotopic (exact) mass is 298 g/mol. The highest BCUT2D eigenvalue weighted by Gasteiger charge is 2.11. The highest BCUT2D eigenvalue weighted by Crippen LogP contribution is 2.25. The molecule has 22 heavy (non-hydrogen) atoms. The smallest absolute Gasteiger partial charge is 0.267 e. The van der Waals surface area contributed by atoms with Crippen LogP contribution in [0.15, 0.2) is 48.5 Å². The molecule has 0 fully saturated rings. The van der Waals surface area contributed by atoms with Gasteiger partial charge in [-0.1, -0.05) is 24.3 Å². The number of aromatic nitrogens is 1. The number of halogens is 1. The Balaban J connectivity index is 1.76. The van der Waals surface area contributed by atoms with Crippen molar-refractivity contribution < 1.29 is 13.9 Å². The van der Waals surface area contributed by atoms with E-state index in [0.29, 0.717) is 18.0 Å². The van der Waals surface area contributed by atoms with Gasteiger partial charge in [-0.3, -0.25) is 4.79 Å². The fraction of sp³-hybridized carbons (Fsp3) is 0.118. The van der Waals surface area contributed by atoms with Gasteiger partial charge in [0, 0.05) is 11.9 Å². The van der Waals surface area contributed by atoms with Crippen LogP contribution < -0.4 is 10.1 Å². The Kier molecular flexibility index (Phi) is 3.78. The molecular weight excluding hydrogens is 283 g/mol. The molecule has 2 aromatic carbocycles. The zero-order chi connectivity index (χ0) is 15.5. The topological polar surface area (TPSA) is 54.1 Å². The van der Waals surface area contributed by atoms with Gasteiger partial charge in [0.2, 0.25) is 0 Å². The molecule has 1 heterocycles. The molecule has 1 amide bonds. The fourth-order valence-electron chi connectivity index (χ4n) is 2.30. The number of amides is 1. The largest absolute Gasteiger partial charge is 0.495 e. The van der Waals surface area contributed by atoms with Crippen molar-refractivity contribution in [2.75, 3.05) is 7.11 Å². The predicted octanol–water partition coefficient (Wildman–Crippen LogP) is 3.25. The number of carbonyl (C=O) groups is 1. The molecule has 0 atom stereocenters. The van der Waals surface area contributed by atoms with Gasteiger partial charge >= 0.3 is 0 Å². The Morgan fingerprint density at radius 3 is 2.73 bits per heavy atom. The highest BCUT2D eigenvalue weighted by atomic mass is 19.1. The molecular formula is C17H15FN2O2. The Bertz CT molecular complexity index is 809. The van der Waals surface area contributed by atoms with Gasteiger partial charge in [-0.05, 0) is 29.8 Å². The van der Waals surface area contributed by atoms with Crippen molar-refractivity contribution in [3.63, 3.8) is 0 Å². The Morgan fingerprint density at radius 2 is 2.00 bits per heavy atom. The van der Waals surface area contributed by atoms with E-state index in [1.807, 2.05) is 18.2 Å². The first-order valence-electron chi connectivity index (χ1n) is 6.86. The number of para-hydroxylation sites is 1. The molecule has 0 radical (unpaired) electrons. The summed E-state index contributed by atoms with van der Waals surface area (Å²) < 4.78 is 18.1. The van der Waals surface area contributed by atoms with Crippen LogP contribution in [0.4, 0.5) is 4.39 Å². The first kappa shape index (κ1) is 14.1. The summed E-state index contributed by atoms with van der Waals surface area (Å²) in [5, 5.41) is 3.71. The number of benzene rings is 2. The lowest BCUT2D eigenvalue weighted by Crippen LogP contribution is -2.23. The number of rotatable bonds is 4. The van der Waals surface area contributed by atoms with Crippen LogP contribution in [0.2, 0.25) is 0 Å². The number of H-pyrrole nitrogens is 1. The molecule has 0 aliphatic heterocycles. The van der Waals surface area contributed by atoms with Gasteiger partial charge in [0.1, 0.15) is 17.3 Å². The molecule has 112 valence electrons. The van der Waals surface area contributed by atoms with Crippen LogP contribution in [0.1, 0.15) is 16.1 Å². The van der Waals surface area contributed by atoms with Crippen LogP contribution in [0.3, 0.4) is 0 Å². The van der Waals surface area contributed by atoms with E-state index < -0.39 is 0 Å². The van der Waals surface area contributed by atoms with Crippen LogP contribution in [0, 0.1) is 5.82 Å². The third kappa shape index (κ3) is 2.79. The van der Waals surface area contributed by atoms with Crippen LogP contribution in [-0.4, -0.2) is 18.0 Å². The van der Waals surface area contributed by atoms with Gasteiger partial charge in [-0.2, -0.15) is 0 Å². The maximum Gasteiger partial charge on any atom is 0.267 e. The molecule has 1 aromatic heterocycles. The fourth-order valence-corrected chi connectivity index (χ4v) is 2.30. The minimum atomic E-state index is -0.294. The molecule has 0 spiro atoms. The number of hydrogen-bond acceptors (Lipinski definition) is 2. The summed E-state index contributed by atoms with van der Waals surface area (Å²) in [6, 6.07) is 13.4. The van der Waals surface area contributed by atoms with E-state index in [9.17, 15) is 9.18 Å². The summed E-state index contributed by atoms with van der Waals surface area (Å²) in [6.07, 6.45) is 0. The van der Waals surface area contributed by atoms with Crippen molar-refractivity contribution >= 4 is 16.8 Å². The van der Waals surface area contributed by atoms with Crippen molar-refractivity contribution in [3.05, 3.63) is 65.6 Å². The molecule has 3 aromatic rings. The van der Waals surface area contributed by atoms with Crippen LogP contribution >= 0.6 is 0 Å². The number of carbonyl (C=O) groups excluding carboxylic acids is 1. The Labute approximate surface area is 126 Å². The van der Waals surface area contributed by atoms with Crippen LogP contribution in [0.25, 0.3) is 10.9 Å². The number of aromatic amines is 1. The van der Waals surface area contributed by atoms with Gasteiger partial charge < -0.3 is 15.0 Å². The molecule has 3 rings (SSSR count). The summed E-state index contributed by atoms with van der Waals surface area (Å²) in [5.74, 6) is 0.176. The second-order valence-electron chi connectivity index (χ2n) is 4.92. The minimum absolute atomic E-state index is 0.220. The number of ether oxygens (including phenoxy) is 1. The van der Waals surface area contributed by atoms with Crippen molar-refractivity contribution in [3.8, 4) is 5.75 Å². The number of methoxy groups -OCH3 is 1. The molecule has 0 bridgehead atoms. The Morgan fingerprint density at radius 1 is 1.23 bits per heavy atom. The molecule has 0 aliphatic rings. The summed E-state index contributed by atoms with van der Waals surface area (Å²) in [5.41, 5.74) is 2.09. The van der Waals surface area contributed by atoms with Crippen molar-refractivity contribution in [1.82, 2.24) is 10.3 Å². The minimum Gasteiger partial charge on any atom is -0.495 e. The van der Waals surface area contributed by atoms with Gasteiger partial charge in [-0.25, -0.2) is 4.39 Å². The lowest BCUT2D eigenvalue weighted by molar-refractivity contribution is 0.0947. The van der Waals surface area contributed by atoms with Gasteiger partial charge in [-0.15, -0.1) is 0 Å². The van der Waals surface area contributed by atoms with E-state index in [1.165, 1.54) is 12.1 Å². The van der Waals surface area contributed by atoms with Crippen molar-refractivity contribution in [1.29, 1.82) is 0 Å². The zero-order valence-corrected chi connectivity index (χ0v) is 12.0. The molecule has 0 saturated carbocycles. The maximum atomic E-state index is 12.8. The predicted molar refractivity (Wildman–Crippen MR) is 82.4 cm³/mol. The lowest BCUT2D eigenvalue weighted by atomic mass is 10.2. The number of fused-ring (bicyclic) bond motifs is 1. The standard InChI is InChI=1S/C17H15FN2O2/c1-22-15-4-2-3-12-9-14(20-16(12)15)17(21)19-10-11-5-7-13(18)8-6-11/h2-9,20H,10H2,1H3,(H,19,21). The highest BCUT2D eigenvalue weighted by molar-refractivity contribution is 5.99. The van der Waals surface area contributed by atoms with Gasteiger partial charge in [0.25, 0.3) is 5.91 Å². The second kappa shape index (κ2) is 5.89. The van der Waals surface area contributed by atoms with Crippen molar-refractivity contribution in [2.24, 2.45) is 0 Å². The first-order chi connectivity index (χ1) is 10.7. The number of nitrogens with one attached hydrogen (secondary N) is 2. The molecule has 2 N–H and O–H groups in total. The van der Waals surface area contributed by atoms with E-state index in [-0.39, 0.29) is 11.7 Å². The van der Waals surface area contributed by atoms with E-state index >= 15 is 0 Å². The third-order valence-corrected chi connectivity index (χ3v) is 3.45. The molecule has 5 heteroatoms. The van der Waals surface area contributed by atoms with Gasteiger partial charge in [0.15, 0.2) is 0 Å². The maximum absolute atomic E-state index is 12.8. The van der Waals surface area contributed by atoms with Gasteiger partial charge in [0.05, 0.1) is 12.6 Å². The summed E-state index contributed by atoms with van der Waals surface area (Å²) in [7, 11) is 1.59. The molecule has 4 nitrogen and oxygen atoms in total. The SMILES string of the molecule is COc1cccc2cc(C(=O)NCc3ccc(F)cc3)[nH]c12. The number of hydrogen-bond donors (Lipinski definition) is 2. The molecule has 0 saturated heterocycles. The van der Waals surface area contributed by atoms with Crippen molar-refractivity contribution in [2.45, 2.75) is 6.54 Å². The average Bonchev–Trinajstić information content (AvgIpc) is 2.98. The van der Waals surface area contributed by atoms with E-state index in [1.54, 1.807) is 25.3 Å². The summed E-state index contributed by atoms with van der Waals surface area (Å²) >= 11 is 0. The molecule has 0 unspecified atom stereocenters. The third-order valence-electron chi connectivity index (χ3n) is 3.45. The molecule has 0 aliphatic carbocycles. The quantitative estimate of drug-likeness (QED) is 0.777. The average molecular weight is 298 g/mol. The normalized spacial score (nSPS) is 10.6. The lowest BCUT2D eigenvalue weighted by Gasteiger charge is -2.04. The first-order valence-corrected chi connectivity index (χ1v) is 6.86. The summed E-state index contributed by atoms with van der Waals surface area (Å²) in [6.45, 7) is 0.339. The second-order valence-corrected chi connectivity index (χ2v) is 4.92. The van der Waals surface area contributed by atoms with Crippen LogP contribution in [-0.2, 0) is 6.54 Å². The zero-order valence-electron chi connectivity index (χ0n) is 12.0. The Hall–Kier alpha value is -2.82. The van der Waals surface area contributed by atoms with Crippen LogP contribution in [0.5, 0.6) is 5.75 Å². The van der Waals surface area contributed by atoms with E-state index in [0.717, 1.165) is 16.5 Å². The van der Waals surface area contributed by atoms with E-state index in [2.05, 4.69) is 10.3 Å². The summed E-state index contributed by atoms with van der Waals surface area (Å²) in [4.78, 5) is 15.3. The van der Waals surface area contributed by atoms with E-state index in [4.69, 9.17) is 4.74 Å².